The Balaban J connectivity index is 0.00000320. The number of carbonyl (C=O) groups excluding carboxylic acids is 1. The number of benzene rings is 2. The van der Waals surface area contributed by atoms with Crippen LogP contribution in [0, 0.1) is 0 Å². The first-order chi connectivity index (χ1) is 14.2. The van der Waals surface area contributed by atoms with Gasteiger partial charge >= 0.3 is 0 Å². The Hall–Kier alpha value is -2.29. The minimum absolute atomic E-state index is 0. The molecule has 0 spiro atoms. The molecule has 1 aliphatic rings. The summed E-state index contributed by atoms with van der Waals surface area (Å²) < 4.78 is 5.40. The monoisotopic (exact) mass is 522 g/mol. The Morgan fingerprint density at radius 3 is 2.50 bits per heavy atom. The van der Waals surface area contributed by atoms with Gasteiger partial charge in [-0.05, 0) is 35.6 Å². The van der Waals surface area contributed by atoms with E-state index in [0.29, 0.717) is 19.5 Å². The quantitative estimate of drug-likeness (QED) is 0.317. The summed E-state index contributed by atoms with van der Waals surface area (Å²) in [5, 5.41) is 6.69. The topological polar surface area (TPSA) is 66.0 Å². The van der Waals surface area contributed by atoms with Gasteiger partial charge in [0.25, 0.3) is 0 Å². The number of methoxy groups -OCH3 is 1. The van der Waals surface area contributed by atoms with E-state index >= 15 is 0 Å². The van der Waals surface area contributed by atoms with E-state index in [1.165, 1.54) is 16.7 Å². The second kappa shape index (κ2) is 12.4. The van der Waals surface area contributed by atoms with Crippen LogP contribution in [0.3, 0.4) is 0 Å². The van der Waals surface area contributed by atoms with Crippen LogP contribution >= 0.6 is 24.0 Å². The normalized spacial score (nSPS) is 13.7. The van der Waals surface area contributed by atoms with Crippen molar-refractivity contribution < 1.29 is 9.53 Å². The van der Waals surface area contributed by atoms with Gasteiger partial charge in [-0.25, -0.2) is 0 Å². The van der Waals surface area contributed by atoms with E-state index in [1.807, 2.05) is 23.1 Å². The second-order valence-corrected chi connectivity index (χ2v) is 7.15. The van der Waals surface area contributed by atoms with E-state index in [2.05, 4.69) is 46.0 Å². The minimum atomic E-state index is 0. The molecule has 1 amide bonds. The van der Waals surface area contributed by atoms with Gasteiger partial charge < -0.3 is 20.3 Å². The van der Waals surface area contributed by atoms with Crippen molar-refractivity contribution in [3.05, 3.63) is 65.2 Å². The Morgan fingerprint density at radius 2 is 1.83 bits per heavy atom. The molecule has 3 rings (SSSR count). The second-order valence-electron chi connectivity index (χ2n) is 7.15. The highest BCUT2D eigenvalue weighted by Gasteiger charge is 2.19. The van der Waals surface area contributed by atoms with Crippen molar-refractivity contribution in [2.24, 2.45) is 4.99 Å². The maximum Gasteiger partial charge on any atom is 0.222 e. The summed E-state index contributed by atoms with van der Waals surface area (Å²) in [6, 6.07) is 16.5. The lowest BCUT2D eigenvalue weighted by Crippen LogP contribution is -2.37. The number of guanidine groups is 1. The molecular formula is C23H31IN4O2. The van der Waals surface area contributed by atoms with Gasteiger partial charge in [0.15, 0.2) is 5.96 Å². The van der Waals surface area contributed by atoms with Gasteiger partial charge in [0.05, 0.1) is 7.11 Å². The molecule has 2 N–H and O–H groups in total. The molecule has 7 heteroatoms. The average molecular weight is 522 g/mol. The molecular weight excluding hydrogens is 491 g/mol. The van der Waals surface area contributed by atoms with Crippen LogP contribution in [0.1, 0.15) is 29.5 Å². The number of aliphatic imine (C=N–C) groups is 1. The fourth-order valence-electron chi connectivity index (χ4n) is 3.49. The molecule has 1 aliphatic heterocycles. The fourth-order valence-corrected chi connectivity index (χ4v) is 3.49. The molecule has 0 aliphatic carbocycles. The number of rotatable bonds is 8. The third-order valence-corrected chi connectivity index (χ3v) is 5.13. The maximum atomic E-state index is 11.8. The number of hydrogen-bond acceptors (Lipinski definition) is 3. The van der Waals surface area contributed by atoms with Gasteiger partial charge in [0.1, 0.15) is 5.75 Å². The first-order valence-corrected chi connectivity index (χ1v) is 10.1. The van der Waals surface area contributed by atoms with Gasteiger partial charge in [-0.1, -0.05) is 42.5 Å². The van der Waals surface area contributed by atoms with E-state index in [9.17, 15) is 4.79 Å². The Kier molecular flexibility index (Phi) is 9.93. The van der Waals surface area contributed by atoms with Crippen LogP contribution in [0.5, 0.6) is 5.75 Å². The molecule has 0 unspecified atom stereocenters. The maximum absolute atomic E-state index is 11.8. The number of nitrogens with zero attached hydrogens (tertiary/aromatic N) is 2. The molecule has 30 heavy (non-hydrogen) atoms. The van der Waals surface area contributed by atoms with Crippen molar-refractivity contribution in [3.8, 4) is 5.75 Å². The number of likely N-dealkylation sites (tertiary alicyclic amines) is 1. The van der Waals surface area contributed by atoms with E-state index in [4.69, 9.17) is 4.74 Å². The predicted molar refractivity (Wildman–Crippen MR) is 131 cm³/mol. The molecule has 1 heterocycles. The lowest BCUT2D eigenvalue weighted by atomic mass is 10.1. The summed E-state index contributed by atoms with van der Waals surface area (Å²) in [5.74, 6) is 1.94. The van der Waals surface area contributed by atoms with Crippen LogP contribution in [-0.2, 0) is 24.3 Å². The van der Waals surface area contributed by atoms with E-state index in [-0.39, 0.29) is 29.9 Å². The van der Waals surface area contributed by atoms with Crippen molar-refractivity contribution in [2.45, 2.75) is 32.4 Å². The lowest BCUT2D eigenvalue weighted by Gasteiger charge is -2.16. The van der Waals surface area contributed by atoms with Gasteiger partial charge in [-0.15, -0.1) is 24.0 Å². The number of ether oxygens (including phenoxy) is 1. The number of halogens is 1. The Bertz CT molecular complexity index is 839. The highest BCUT2D eigenvalue weighted by molar-refractivity contribution is 14.0. The highest BCUT2D eigenvalue weighted by Crippen LogP contribution is 2.17. The van der Waals surface area contributed by atoms with Crippen LogP contribution in [-0.4, -0.2) is 44.0 Å². The number of hydrogen-bond donors (Lipinski definition) is 2. The van der Waals surface area contributed by atoms with Crippen molar-refractivity contribution in [3.63, 3.8) is 0 Å². The molecule has 0 aromatic heterocycles. The van der Waals surface area contributed by atoms with Gasteiger partial charge in [0, 0.05) is 39.6 Å². The zero-order valence-electron chi connectivity index (χ0n) is 17.7. The summed E-state index contributed by atoms with van der Waals surface area (Å²) in [6.07, 6.45) is 2.52. The molecule has 0 radical (unpaired) electrons. The van der Waals surface area contributed by atoms with E-state index in [1.54, 1.807) is 14.2 Å². The molecule has 1 saturated heterocycles. The summed E-state index contributed by atoms with van der Waals surface area (Å²) >= 11 is 0. The predicted octanol–water partition coefficient (Wildman–Crippen LogP) is 3.34. The molecule has 6 nitrogen and oxygen atoms in total. The van der Waals surface area contributed by atoms with E-state index < -0.39 is 0 Å². The smallest absolute Gasteiger partial charge is 0.222 e. The lowest BCUT2D eigenvalue weighted by molar-refractivity contribution is -0.128. The summed E-state index contributed by atoms with van der Waals surface area (Å²) in [6.45, 7) is 3.04. The zero-order valence-corrected chi connectivity index (χ0v) is 20.0. The van der Waals surface area contributed by atoms with Gasteiger partial charge in [-0.2, -0.15) is 0 Å². The van der Waals surface area contributed by atoms with Crippen LogP contribution in [0.25, 0.3) is 0 Å². The van der Waals surface area contributed by atoms with Gasteiger partial charge in [0.2, 0.25) is 5.91 Å². The van der Waals surface area contributed by atoms with Gasteiger partial charge in [-0.3, -0.25) is 9.79 Å². The van der Waals surface area contributed by atoms with Crippen LogP contribution < -0.4 is 15.4 Å². The molecule has 0 atom stereocenters. The first-order valence-electron chi connectivity index (χ1n) is 10.1. The largest absolute Gasteiger partial charge is 0.496 e. The fraction of sp³-hybridized carbons (Fsp3) is 0.391. The molecule has 0 saturated carbocycles. The van der Waals surface area contributed by atoms with Crippen molar-refractivity contribution >= 4 is 35.8 Å². The Morgan fingerprint density at radius 1 is 1.10 bits per heavy atom. The molecule has 2 aromatic carbocycles. The number of para-hydroxylation sites is 1. The third kappa shape index (κ3) is 6.90. The van der Waals surface area contributed by atoms with Crippen molar-refractivity contribution in [1.82, 2.24) is 15.5 Å². The van der Waals surface area contributed by atoms with Crippen LogP contribution in [0.2, 0.25) is 0 Å². The van der Waals surface area contributed by atoms with Crippen LogP contribution in [0.15, 0.2) is 53.5 Å². The van der Waals surface area contributed by atoms with E-state index in [0.717, 1.165) is 37.6 Å². The number of nitrogens with one attached hydrogen (secondary N) is 2. The minimum Gasteiger partial charge on any atom is -0.496 e. The standard InChI is InChI=1S/C23H30N4O2.HI/c1-24-23(25-14-13-20-6-3-4-7-21(20)29-2)26-16-18-9-11-19(12-10-18)17-27-15-5-8-22(27)28;/h3-4,6-7,9-12H,5,8,13-17H2,1-2H3,(H2,24,25,26);1H. The van der Waals surface area contributed by atoms with Crippen molar-refractivity contribution in [2.75, 3.05) is 27.2 Å². The number of carbonyl (C=O) groups is 1. The first kappa shape index (κ1) is 24.0. The SMILES string of the molecule is CN=C(NCCc1ccccc1OC)NCc1ccc(CN2CCCC2=O)cc1.I. The molecule has 162 valence electrons. The summed E-state index contributed by atoms with van der Waals surface area (Å²) in [5.41, 5.74) is 3.52. The Labute approximate surface area is 196 Å². The molecule has 1 fully saturated rings. The zero-order chi connectivity index (χ0) is 20.5. The molecule has 2 aromatic rings. The average Bonchev–Trinajstić information content (AvgIpc) is 3.16. The summed E-state index contributed by atoms with van der Waals surface area (Å²) in [4.78, 5) is 18.0. The number of amides is 1. The highest BCUT2D eigenvalue weighted by atomic mass is 127. The molecule has 0 bridgehead atoms. The third-order valence-electron chi connectivity index (χ3n) is 5.13. The van der Waals surface area contributed by atoms with Crippen molar-refractivity contribution in [1.29, 1.82) is 0 Å². The van der Waals surface area contributed by atoms with Crippen LogP contribution in [0.4, 0.5) is 0 Å². The summed E-state index contributed by atoms with van der Waals surface area (Å²) in [7, 11) is 3.47.